The molecule has 1 aliphatic rings. The van der Waals surface area contributed by atoms with Crippen LogP contribution in [0.2, 0.25) is 0 Å². The number of rotatable bonds is 2. The first-order valence-electron chi connectivity index (χ1n) is 6.41. The van der Waals surface area contributed by atoms with Gasteiger partial charge in [0.25, 0.3) is 0 Å². The quantitative estimate of drug-likeness (QED) is 0.672. The fourth-order valence-electron chi connectivity index (χ4n) is 3.04. The van der Waals surface area contributed by atoms with Crippen LogP contribution in [-0.2, 0) is 19.3 Å². The molecule has 0 aromatic heterocycles. The summed E-state index contributed by atoms with van der Waals surface area (Å²) >= 11 is 0. The van der Waals surface area contributed by atoms with E-state index in [1.807, 2.05) is 0 Å². The molecule has 0 fully saturated rings. The Morgan fingerprint density at radius 3 is 2.47 bits per heavy atom. The maximum atomic E-state index is 2.40. The van der Waals surface area contributed by atoms with Gasteiger partial charge in [0, 0.05) is 0 Å². The molecular weight excluding hydrogens is 180 g/mol. The highest BCUT2D eigenvalue weighted by Gasteiger charge is 2.20. The van der Waals surface area contributed by atoms with Crippen LogP contribution < -0.4 is 0 Å². The third-order valence-electron chi connectivity index (χ3n) is 3.86. The number of aryl methyl sites for hydroxylation is 2. The second kappa shape index (κ2) is 4.38. The van der Waals surface area contributed by atoms with Crippen molar-refractivity contribution in [2.45, 2.75) is 58.8 Å². The van der Waals surface area contributed by atoms with Gasteiger partial charge in [0.05, 0.1) is 0 Å². The maximum Gasteiger partial charge on any atom is -0.0185 e. The SMILES string of the molecule is CCc1ccc(CC)c2c1CCCC2C. The van der Waals surface area contributed by atoms with Gasteiger partial charge in [-0.3, -0.25) is 0 Å². The van der Waals surface area contributed by atoms with Gasteiger partial charge in [-0.15, -0.1) is 0 Å². The zero-order chi connectivity index (χ0) is 10.8. The van der Waals surface area contributed by atoms with E-state index in [2.05, 4.69) is 32.9 Å². The molecule has 0 amide bonds. The van der Waals surface area contributed by atoms with Crippen LogP contribution in [0.15, 0.2) is 12.1 Å². The van der Waals surface area contributed by atoms with Gasteiger partial charge in [-0.2, -0.15) is 0 Å². The zero-order valence-corrected chi connectivity index (χ0v) is 10.3. The van der Waals surface area contributed by atoms with Crippen LogP contribution in [0.5, 0.6) is 0 Å². The van der Waals surface area contributed by atoms with Crippen molar-refractivity contribution in [3.63, 3.8) is 0 Å². The molecule has 0 radical (unpaired) electrons. The zero-order valence-electron chi connectivity index (χ0n) is 10.3. The molecule has 0 heteroatoms. The summed E-state index contributed by atoms with van der Waals surface area (Å²) in [4.78, 5) is 0. The first-order chi connectivity index (χ1) is 7.27. The van der Waals surface area contributed by atoms with Crippen molar-refractivity contribution in [1.82, 2.24) is 0 Å². The van der Waals surface area contributed by atoms with Gasteiger partial charge >= 0.3 is 0 Å². The molecule has 0 aliphatic heterocycles. The Hall–Kier alpha value is -0.780. The maximum absolute atomic E-state index is 2.40. The molecule has 15 heavy (non-hydrogen) atoms. The highest BCUT2D eigenvalue weighted by Crippen LogP contribution is 2.36. The van der Waals surface area contributed by atoms with Gasteiger partial charge in [-0.1, -0.05) is 32.9 Å². The molecule has 1 aromatic rings. The fraction of sp³-hybridized carbons (Fsp3) is 0.600. The molecule has 2 rings (SSSR count). The van der Waals surface area contributed by atoms with E-state index in [0.717, 1.165) is 5.92 Å². The van der Waals surface area contributed by atoms with Gasteiger partial charge in [-0.25, -0.2) is 0 Å². The van der Waals surface area contributed by atoms with Crippen LogP contribution in [0.25, 0.3) is 0 Å². The van der Waals surface area contributed by atoms with E-state index in [1.54, 1.807) is 22.3 Å². The second-order valence-corrected chi connectivity index (χ2v) is 4.78. The smallest absolute Gasteiger partial charge is 0.0185 e. The van der Waals surface area contributed by atoms with Crippen LogP contribution in [0, 0.1) is 0 Å². The summed E-state index contributed by atoms with van der Waals surface area (Å²) in [5.41, 5.74) is 6.57. The summed E-state index contributed by atoms with van der Waals surface area (Å²) in [6, 6.07) is 4.72. The second-order valence-electron chi connectivity index (χ2n) is 4.78. The standard InChI is InChI=1S/C15H22/c1-4-12-9-10-13(5-2)15-11(3)7-6-8-14(12)15/h9-11H,4-8H2,1-3H3. The van der Waals surface area contributed by atoms with Gasteiger partial charge in [-0.05, 0) is 60.3 Å². The lowest BCUT2D eigenvalue weighted by Crippen LogP contribution is -2.12. The summed E-state index contributed by atoms with van der Waals surface area (Å²) in [5, 5.41) is 0. The van der Waals surface area contributed by atoms with Crippen molar-refractivity contribution in [3.8, 4) is 0 Å². The van der Waals surface area contributed by atoms with Crippen molar-refractivity contribution < 1.29 is 0 Å². The predicted octanol–water partition coefficient (Wildman–Crippen LogP) is 4.25. The van der Waals surface area contributed by atoms with Crippen molar-refractivity contribution in [1.29, 1.82) is 0 Å². The minimum atomic E-state index is 0.787. The van der Waals surface area contributed by atoms with E-state index >= 15 is 0 Å². The van der Waals surface area contributed by atoms with E-state index in [0.29, 0.717) is 0 Å². The topological polar surface area (TPSA) is 0 Å². The minimum absolute atomic E-state index is 0.787. The monoisotopic (exact) mass is 202 g/mol. The van der Waals surface area contributed by atoms with E-state index in [4.69, 9.17) is 0 Å². The first kappa shape index (κ1) is 10.7. The van der Waals surface area contributed by atoms with Crippen molar-refractivity contribution >= 4 is 0 Å². The Bertz CT molecular complexity index is 349. The minimum Gasteiger partial charge on any atom is -0.0613 e. The summed E-state index contributed by atoms with van der Waals surface area (Å²) in [6.45, 7) is 6.96. The molecule has 0 heterocycles. The van der Waals surface area contributed by atoms with E-state index < -0.39 is 0 Å². The normalized spacial score (nSPS) is 20.1. The summed E-state index contributed by atoms with van der Waals surface area (Å²) in [7, 11) is 0. The van der Waals surface area contributed by atoms with Crippen molar-refractivity contribution in [2.24, 2.45) is 0 Å². The molecule has 1 unspecified atom stereocenters. The first-order valence-corrected chi connectivity index (χ1v) is 6.41. The number of benzene rings is 1. The van der Waals surface area contributed by atoms with Crippen LogP contribution >= 0.6 is 0 Å². The van der Waals surface area contributed by atoms with Crippen molar-refractivity contribution in [2.75, 3.05) is 0 Å². The lowest BCUT2D eigenvalue weighted by atomic mass is 9.78. The Kier molecular flexibility index (Phi) is 3.14. The molecule has 0 spiro atoms. The highest BCUT2D eigenvalue weighted by molar-refractivity contribution is 5.44. The van der Waals surface area contributed by atoms with Crippen LogP contribution in [0.1, 0.15) is 61.8 Å². The van der Waals surface area contributed by atoms with E-state index in [1.165, 1.54) is 32.1 Å². The molecule has 0 bridgehead atoms. The van der Waals surface area contributed by atoms with Crippen molar-refractivity contribution in [3.05, 3.63) is 34.4 Å². The van der Waals surface area contributed by atoms with Gasteiger partial charge in [0.2, 0.25) is 0 Å². The number of hydrogen-bond donors (Lipinski definition) is 0. The van der Waals surface area contributed by atoms with Crippen LogP contribution in [0.3, 0.4) is 0 Å². The third kappa shape index (κ3) is 1.82. The summed E-state index contributed by atoms with van der Waals surface area (Å²) < 4.78 is 0. The Morgan fingerprint density at radius 2 is 1.80 bits per heavy atom. The third-order valence-corrected chi connectivity index (χ3v) is 3.86. The Labute approximate surface area is 93.7 Å². The molecule has 0 saturated carbocycles. The molecule has 1 aromatic carbocycles. The summed E-state index contributed by atoms with van der Waals surface area (Å²) in [6.07, 6.45) is 6.47. The molecular formula is C15H22. The predicted molar refractivity (Wildman–Crippen MR) is 66.6 cm³/mol. The highest BCUT2D eigenvalue weighted by atomic mass is 14.3. The average molecular weight is 202 g/mol. The lowest BCUT2D eigenvalue weighted by molar-refractivity contribution is 0.581. The van der Waals surface area contributed by atoms with Crippen LogP contribution in [0.4, 0.5) is 0 Å². The molecule has 82 valence electrons. The molecule has 1 atom stereocenters. The van der Waals surface area contributed by atoms with E-state index in [-0.39, 0.29) is 0 Å². The molecule has 0 saturated heterocycles. The molecule has 0 nitrogen and oxygen atoms in total. The molecule has 1 aliphatic carbocycles. The van der Waals surface area contributed by atoms with Gasteiger partial charge < -0.3 is 0 Å². The Balaban J connectivity index is 2.56. The Morgan fingerprint density at radius 1 is 1.13 bits per heavy atom. The molecule has 0 N–H and O–H groups in total. The van der Waals surface area contributed by atoms with Gasteiger partial charge in [0.15, 0.2) is 0 Å². The largest absolute Gasteiger partial charge is 0.0613 e. The van der Waals surface area contributed by atoms with Crippen LogP contribution in [-0.4, -0.2) is 0 Å². The lowest BCUT2D eigenvalue weighted by Gasteiger charge is -2.27. The van der Waals surface area contributed by atoms with Gasteiger partial charge in [0.1, 0.15) is 0 Å². The number of fused-ring (bicyclic) bond motifs is 1. The van der Waals surface area contributed by atoms with E-state index in [9.17, 15) is 0 Å². The number of hydrogen-bond acceptors (Lipinski definition) is 0. The summed E-state index contributed by atoms with van der Waals surface area (Å²) in [5.74, 6) is 0.787. The average Bonchev–Trinajstić information content (AvgIpc) is 2.28. The fourth-order valence-corrected chi connectivity index (χ4v) is 3.04.